The maximum Gasteiger partial charge on any atom is 0.227 e. The van der Waals surface area contributed by atoms with Crippen molar-refractivity contribution in [3.63, 3.8) is 0 Å². The highest BCUT2D eigenvalue weighted by atomic mass is 16.3. The van der Waals surface area contributed by atoms with Gasteiger partial charge in [0.05, 0.1) is 10.9 Å². The molecule has 0 bridgehead atoms. The molecule has 0 radical (unpaired) electrons. The Morgan fingerprint density at radius 1 is 0.906 bits per heavy atom. The fourth-order valence-corrected chi connectivity index (χ4v) is 4.65. The molecule has 6 rings (SSSR count). The third kappa shape index (κ3) is 2.75. The van der Waals surface area contributed by atoms with Gasteiger partial charge in [-0.1, -0.05) is 54.6 Å². The predicted molar refractivity (Wildman–Crippen MR) is 131 cm³/mol. The van der Waals surface area contributed by atoms with Crippen molar-refractivity contribution in [3.8, 4) is 22.4 Å². The second kappa shape index (κ2) is 7.03. The van der Waals surface area contributed by atoms with Crippen LogP contribution in [0.25, 0.3) is 55.2 Å². The normalized spacial score (nSPS) is 13.4. The molecule has 0 atom stereocenters. The summed E-state index contributed by atoms with van der Waals surface area (Å²) in [5, 5.41) is 4.22. The topological polar surface area (TPSA) is 29.9 Å². The van der Waals surface area contributed by atoms with Crippen molar-refractivity contribution in [2.45, 2.75) is 13.8 Å². The van der Waals surface area contributed by atoms with Crippen LogP contribution in [0.15, 0.2) is 89.6 Å². The highest BCUT2D eigenvalue weighted by Gasteiger charge is 2.21. The third-order valence-electron chi connectivity index (χ3n) is 6.27. The molecule has 32 heavy (non-hydrogen) atoms. The first kappa shape index (κ1) is 15.8. The van der Waals surface area contributed by atoms with Gasteiger partial charge in [-0.25, -0.2) is 9.55 Å². The van der Waals surface area contributed by atoms with Crippen LogP contribution in [0, 0.1) is 13.8 Å². The largest absolute Gasteiger partial charge is 0.437 e. The van der Waals surface area contributed by atoms with Crippen molar-refractivity contribution in [2.24, 2.45) is 7.05 Å². The lowest BCUT2D eigenvalue weighted by Gasteiger charge is -2.10. The number of benzene rings is 3. The Kier molecular flexibility index (Phi) is 3.46. The summed E-state index contributed by atoms with van der Waals surface area (Å²) in [6.07, 6.45) is 3.57. The maximum absolute atomic E-state index is 8.11. The van der Waals surface area contributed by atoms with E-state index in [0.29, 0.717) is 16.8 Å². The van der Waals surface area contributed by atoms with Crippen LogP contribution >= 0.6 is 0 Å². The van der Waals surface area contributed by atoms with E-state index < -0.39 is 6.85 Å². The lowest BCUT2D eigenvalue weighted by Crippen LogP contribution is -2.31. The van der Waals surface area contributed by atoms with E-state index in [1.165, 1.54) is 0 Å². The SMILES string of the molecule is [2H]C([2H])([2H])c1c[n+](C)c(-c2ccc3c(oc4ncc5ccccc5c43)c2C)cc1-c1ccccc1. The summed E-state index contributed by atoms with van der Waals surface area (Å²) in [7, 11) is 1.89. The first-order valence-corrected chi connectivity index (χ1v) is 10.6. The van der Waals surface area contributed by atoms with E-state index in [1.54, 1.807) is 6.20 Å². The zero-order chi connectivity index (χ0) is 24.3. The summed E-state index contributed by atoms with van der Waals surface area (Å²) in [5.41, 5.74) is 6.20. The first-order valence-electron chi connectivity index (χ1n) is 12.1. The monoisotopic (exact) mass is 418 g/mol. The number of aryl methyl sites for hydroxylation is 3. The van der Waals surface area contributed by atoms with Gasteiger partial charge >= 0.3 is 0 Å². The molecule has 3 aromatic carbocycles. The second-order valence-corrected chi connectivity index (χ2v) is 8.21. The molecule has 0 fully saturated rings. The van der Waals surface area contributed by atoms with Gasteiger partial charge < -0.3 is 4.42 Å². The lowest BCUT2D eigenvalue weighted by molar-refractivity contribution is -0.660. The summed E-state index contributed by atoms with van der Waals surface area (Å²) in [6, 6.07) is 24.0. The van der Waals surface area contributed by atoms with Crippen LogP contribution < -0.4 is 4.57 Å². The van der Waals surface area contributed by atoms with Gasteiger partial charge in [0.15, 0.2) is 6.20 Å². The number of hydrogen-bond acceptors (Lipinski definition) is 2. The van der Waals surface area contributed by atoms with E-state index in [-0.39, 0.29) is 0 Å². The molecular formula is C29H23N2O+. The molecule has 3 aromatic heterocycles. The van der Waals surface area contributed by atoms with Crippen molar-refractivity contribution in [3.05, 3.63) is 96.3 Å². The summed E-state index contributed by atoms with van der Waals surface area (Å²) in [6.45, 7) is -0.186. The Morgan fingerprint density at radius 2 is 1.72 bits per heavy atom. The van der Waals surface area contributed by atoms with Crippen molar-refractivity contribution in [1.29, 1.82) is 0 Å². The number of aromatic nitrogens is 2. The van der Waals surface area contributed by atoms with Crippen LogP contribution in [0.5, 0.6) is 0 Å². The zero-order valence-corrected chi connectivity index (χ0v) is 17.9. The van der Waals surface area contributed by atoms with Crippen LogP contribution in [-0.2, 0) is 7.05 Å². The smallest absolute Gasteiger partial charge is 0.227 e. The highest BCUT2D eigenvalue weighted by Crippen LogP contribution is 2.38. The molecule has 0 unspecified atom stereocenters. The number of fused-ring (bicyclic) bond motifs is 5. The van der Waals surface area contributed by atoms with E-state index >= 15 is 0 Å². The molecule has 0 N–H and O–H groups in total. The molecule has 0 aliphatic heterocycles. The van der Waals surface area contributed by atoms with Gasteiger partial charge in [-0.15, -0.1) is 0 Å². The predicted octanol–water partition coefficient (Wildman–Crippen LogP) is 6.91. The minimum Gasteiger partial charge on any atom is -0.437 e. The molecule has 0 saturated carbocycles. The number of rotatable bonds is 2. The average molecular weight is 419 g/mol. The molecule has 3 heterocycles. The van der Waals surface area contributed by atoms with E-state index in [1.807, 2.05) is 73.3 Å². The van der Waals surface area contributed by atoms with Crippen LogP contribution in [-0.4, -0.2) is 4.98 Å². The molecule has 154 valence electrons. The molecule has 0 aliphatic rings. The Labute approximate surface area is 190 Å². The number of nitrogens with zero attached hydrogens (tertiary/aromatic N) is 2. The second-order valence-electron chi connectivity index (χ2n) is 8.21. The Morgan fingerprint density at radius 3 is 2.56 bits per heavy atom. The number of pyridine rings is 2. The molecule has 6 aromatic rings. The van der Waals surface area contributed by atoms with Crippen molar-refractivity contribution < 1.29 is 13.1 Å². The first-order chi connectivity index (χ1) is 16.8. The van der Waals surface area contributed by atoms with Gasteiger partial charge in [-0.2, -0.15) is 0 Å². The fraction of sp³-hybridized carbons (Fsp3) is 0.103. The standard InChI is InChI=1S/C29H23N2O/c1-18-17-31(3)26(15-25(18)20-9-5-4-6-10-20)22-13-14-24-27-23-12-8-7-11-21(23)16-30-29(27)32-28(24)19(22)2/h4-17H,1-3H3/q+1/i1D3. The third-order valence-corrected chi connectivity index (χ3v) is 6.27. The van der Waals surface area contributed by atoms with Gasteiger partial charge in [-0.05, 0) is 42.4 Å². The minimum absolute atomic E-state index is 0.327. The molecule has 0 amide bonds. The molecular weight excluding hydrogens is 392 g/mol. The van der Waals surface area contributed by atoms with E-state index in [2.05, 4.69) is 29.2 Å². The Bertz CT molecular complexity index is 1750. The van der Waals surface area contributed by atoms with Crippen LogP contribution in [0.1, 0.15) is 15.2 Å². The lowest BCUT2D eigenvalue weighted by atomic mass is 9.96. The average Bonchev–Trinajstić information content (AvgIpc) is 3.25. The molecule has 0 saturated heterocycles. The van der Waals surface area contributed by atoms with E-state index in [9.17, 15) is 0 Å². The van der Waals surface area contributed by atoms with Crippen LogP contribution in [0.3, 0.4) is 0 Å². The highest BCUT2D eigenvalue weighted by molar-refractivity contribution is 6.18. The van der Waals surface area contributed by atoms with Crippen LogP contribution in [0.2, 0.25) is 0 Å². The van der Waals surface area contributed by atoms with E-state index in [0.717, 1.165) is 49.5 Å². The number of furan rings is 1. The van der Waals surface area contributed by atoms with Gasteiger partial charge in [0.2, 0.25) is 11.4 Å². The summed E-state index contributed by atoms with van der Waals surface area (Å²) >= 11 is 0. The van der Waals surface area contributed by atoms with Gasteiger partial charge in [0, 0.05) is 38.3 Å². The van der Waals surface area contributed by atoms with Gasteiger partial charge in [0.25, 0.3) is 0 Å². The van der Waals surface area contributed by atoms with Crippen molar-refractivity contribution in [2.75, 3.05) is 0 Å². The summed E-state index contributed by atoms with van der Waals surface area (Å²) in [4.78, 5) is 4.57. The quantitative estimate of drug-likeness (QED) is 0.286. The molecule has 3 nitrogen and oxygen atoms in total. The number of hydrogen-bond donors (Lipinski definition) is 0. The fourth-order valence-electron chi connectivity index (χ4n) is 4.65. The molecule has 0 spiro atoms. The van der Waals surface area contributed by atoms with Crippen molar-refractivity contribution >= 4 is 32.8 Å². The Hall–Kier alpha value is -3.98. The summed E-state index contributed by atoms with van der Waals surface area (Å²) < 4.78 is 32.5. The molecule has 3 heteroatoms. The molecule has 0 aliphatic carbocycles. The van der Waals surface area contributed by atoms with Crippen LogP contribution in [0.4, 0.5) is 0 Å². The van der Waals surface area contributed by atoms with Gasteiger partial charge in [-0.3, -0.25) is 0 Å². The maximum atomic E-state index is 8.11. The summed E-state index contributed by atoms with van der Waals surface area (Å²) in [5.74, 6) is 0. The van der Waals surface area contributed by atoms with Gasteiger partial charge in [0.1, 0.15) is 12.6 Å². The van der Waals surface area contributed by atoms with Crippen molar-refractivity contribution in [1.82, 2.24) is 4.98 Å². The Balaban J connectivity index is 1.62. The van der Waals surface area contributed by atoms with E-state index in [4.69, 9.17) is 8.53 Å². The minimum atomic E-state index is -2.23. The zero-order valence-electron chi connectivity index (χ0n) is 20.9.